The molecule has 2 aromatic carbocycles. The van der Waals surface area contributed by atoms with E-state index in [9.17, 15) is 0 Å². The fourth-order valence-corrected chi connectivity index (χ4v) is 2.99. The van der Waals surface area contributed by atoms with E-state index in [0.717, 1.165) is 18.4 Å². The molecule has 0 aliphatic heterocycles. The molecular formula is C17H17N3O. The van der Waals surface area contributed by atoms with E-state index in [1.165, 1.54) is 17.2 Å². The lowest BCUT2D eigenvalue weighted by atomic mass is 9.69. The standard InChI is InChI=1S/C17H17N3O/c18-11-17(8-3-9-17)16-19-15(20-21-16)14-7-6-12-4-1-2-5-13(12)10-14/h1-2,4-7,10H,3,8-9,11,18H2. The van der Waals surface area contributed by atoms with Gasteiger partial charge in [-0.05, 0) is 29.7 Å². The molecule has 1 aliphatic carbocycles. The van der Waals surface area contributed by atoms with Crippen molar-refractivity contribution >= 4 is 10.8 Å². The van der Waals surface area contributed by atoms with E-state index in [1.807, 2.05) is 18.2 Å². The lowest BCUT2D eigenvalue weighted by Crippen LogP contribution is -2.41. The summed E-state index contributed by atoms with van der Waals surface area (Å²) in [5.41, 5.74) is 6.80. The molecule has 0 radical (unpaired) electrons. The minimum Gasteiger partial charge on any atom is -0.338 e. The third kappa shape index (κ3) is 1.94. The van der Waals surface area contributed by atoms with Gasteiger partial charge in [0.25, 0.3) is 0 Å². The number of hydrogen-bond donors (Lipinski definition) is 1. The third-order valence-corrected chi connectivity index (χ3v) is 4.59. The molecular weight excluding hydrogens is 262 g/mol. The number of rotatable bonds is 3. The largest absolute Gasteiger partial charge is 0.338 e. The second-order valence-electron chi connectivity index (χ2n) is 5.82. The van der Waals surface area contributed by atoms with Gasteiger partial charge >= 0.3 is 0 Å². The summed E-state index contributed by atoms with van der Waals surface area (Å²) in [6.45, 7) is 0.576. The molecule has 0 bridgehead atoms. The monoisotopic (exact) mass is 279 g/mol. The van der Waals surface area contributed by atoms with Crippen LogP contribution in [0.1, 0.15) is 25.2 Å². The van der Waals surface area contributed by atoms with Gasteiger partial charge in [-0.1, -0.05) is 48.0 Å². The quantitative estimate of drug-likeness (QED) is 0.799. The summed E-state index contributed by atoms with van der Waals surface area (Å²) < 4.78 is 5.49. The Morgan fingerprint density at radius 2 is 1.90 bits per heavy atom. The van der Waals surface area contributed by atoms with Crippen molar-refractivity contribution in [2.45, 2.75) is 24.7 Å². The van der Waals surface area contributed by atoms with Crippen LogP contribution in [-0.4, -0.2) is 16.7 Å². The Balaban J connectivity index is 1.74. The van der Waals surface area contributed by atoms with E-state index in [1.54, 1.807) is 0 Å². The summed E-state index contributed by atoms with van der Waals surface area (Å²) in [4.78, 5) is 4.59. The highest BCUT2D eigenvalue weighted by atomic mass is 16.5. The van der Waals surface area contributed by atoms with Gasteiger partial charge < -0.3 is 10.3 Å². The zero-order valence-corrected chi connectivity index (χ0v) is 11.7. The highest BCUT2D eigenvalue weighted by Gasteiger charge is 2.42. The first-order valence-electron chi connectivity index (χ1n) is 7.34. The van der Waals surface area contributed by atoms with Crippen molar-refractivity contribution in [3.63, 3.8) is 0 Å². The molecule has 0 amide bonds. The smallest absolute Gasteiger partial charge is 0.234 e. The van der Waals surface area contributed by atoms with Crippen LogP contribution >= 0.6 is 0 Å². The molecule has 3 aromatic rings. The topological polar surface area (TPSA) is 64.9 Å². The van der Waals surface area contributed by atoms with Gasteiger partial charge in [-0.2, -0.15) is 4.98 Å². The molecule has 0 unspecified atom stereocenters. The van der Waals surface area contributed by atoms with Crippen LogP contribution in [0.3, 0.4) is 0 Å². The predicted molar refractivity (Wildman–Crippen MR) is 81.8 cm³/mol. The normalized spacial score (nSPS) is 16.8. The molecule has 4 rings (SSSR count). The van der Waals surface area contributed by atoms with Gasteiger partial charge in [0.05, 0.1) is 5.41 Å². The van der Waals surface area contributed by atoms with E-state index in [0.29, 0.717) is 18.3 Å². The summed E-state index contributed by atoms with van der Waals surface area (Å²) in [7, 11) is 0. The van der Waals surface area contributed by atoms with Crippen molar-refractivity contribution in [3.8, 4) is 11.4 Å². The molecule has 0 atom stereocenters. The lowest BCUT2D eigenvalue weighted by Gasteiger charge is -2.36. The molecule has 1 aliphatic rings. The average Bonchev–Trinajstić information content (AvgIpc) is 2.96. The molecule has 21 heavy (non-hydrogen) atoms. The van der Waals surface area contributed by atoms with Gasteiger partial charge in [0.15, 0.2) is 0 Å². The fraction of sp³-hybridized carbons (Fsp3) is 0.294. The van der Waals surface area contributed by atoms with Crippen molar-refractivity contribution in [2.24, 2.45) is 5.73 Å². The van der Waals surface area contributed by atoms with Crippen LogP contribution in [0.2, 0.25) is 0 Å². The first-order chi connectivity index (χ1) is 10.3. The zero-order chi connectivity index (χ0) is 14.3. The molecule has 4 heteroatoms. The highest BCUT2D eigenvalue weighted by Crippen LogP contribution is 2.42. The molecule has 0 spiro atoms. The molecule has 0 saturated heterocycles. The molecule has 4 nitrogen and oxygen atoms in total. The Hall–Kier alpha value is -2.20. The maximum Gasteiger partial charge on any atom is 0.234 e. The summed E-state index contributed by atoms with van der Waals surface area (Å²) >= 11 is 0. The number of benzene rings is 2. The molecule has 2 N–H and O–H groups in total. The maximum absolute atomic E-state index is 5.90. The van der Waals surface area contributed by atoms with E-state index in [-0.39, 0.29) is 5.41 Å². The van der Waals surface area contributed by atoms with Crippen molar-refractivity contribution in [1.29, 1.82) is 0 Å². The SMILES string of the molecule is NCC1(c2nc(-c3ccc4ccccc4c3)no2)CCC1. The van der Waals surface area contributed by atoms with Crippen molar-refractivity contribution in [3.05, 3.63) is 48.4 Å². The number of fused-ring (bicyclic) bond motifs is 1. The predicted octanol–water partition coefficient (Wildman–Crippen LogP) is 3.27. The summed E-state index contributed by atoms with van der Waals surface area (Å²) in [6.07, 6.45) is 3.27. The Morgan fingerprint density at radius 3 is 2.62 bits per heavy atom. The number of aromatic nitrogens is 2. The lowest BCUT2D eigenvalue weighted by molar-refractivity contribution is 0.182. The van der Waals surface area contributed by atoms with Gasteiger partial charge in [0, 0.05) is 12.1 Å². The van der Waals surface area contributed by atoms with E-state index >= 15 is 0 Å². The Labute approximate surface area is 123 Å². The van der Waals surface area contributed by atoms with Gasteiger partial charge in [-0.3, -0.25) is 0 Å². The van der Waals surface area contributed by atoms with Crippen LogP contribution in [0, 0.1) is 0 Å². The van der Waals surface area contributed by atoms with Gasteiger partial charge in [-0.25, -0.2) is 0 Å². The summed E-state index contributed by atoms with van der Waals surface area (Å²) in [5, 5.41) is 6.54. The van der Waals surface area contributed by atoms with Crippen molar-refractivity contribution in [2.75, 3.05) is 6.54 Å². The maximum atomic E-state index is 5.90. The minimum atomic E-state index is -0.0813. The number of nitrogens with two attached hydrogens (primary N) is 1. The van der Waals surface area contributed by atoms with Gasteiger partial charge in [0.2, 0.25) is 11.7 Å². The number of nitrogens with zero attached hydrogens (tertiary/aromatic N) is 2. The minimum absolute atomic E-state index is 0.0813. The first kappa shape index (κ1) is 12.5. The third-order valence-electron chi connectivity index (χ3n) is 4.59. The highest BCUT2D eigenvalue weighted by molar-refractivity contribution is 5.86. The second-order valence-corrected chi connectivity index (χ2v) is 5.82. The number of hydrogen-bond acceptors (Lipinski definition) is 4. The van der Waals surface area contributed by atoms with Crippen molar-refractivity contribution in [1.82, 2.24) is 10.1 Å². The summed E-state index contributed by atoms with van der Waals surface area (Å²) in [6, 6.07) is 14.5. The molecule has 1 aromatic heterocycles. The molecule has 1 saturated carbocycles. The van der Waals surface area contributed by atoms with E-state index < -0.39 is 0 Å². The van der Waals surface area contributed by atoms with Crippen LogP contribution in [-0.2, 0) is 5.41 Å². The van der Waals surface area contributed by atoms with Gasteiger partial charge in [-0.15, -0.1) is 0 Å². The van der Waals surface area contributed by atoms with Crippen LogP contribution in [0.5, 0.6) is 0 Å². The summed E-state index contributed by atoms with van der Waals surface area (Å²) in [5.74, 6) is 1.34. The molecule has 106 valence electrons. The molecule has 1 heterocycles. The first-order valence-corrected chi connectivity index (χ1v) is 7.34. The molecule has 1 fully saturated rings. The van der Waals surface area contributed by atoms with Crippen LogP contribution in [0.15, 0.2) is 47.0 Å². The zero-order valence-electron chi connectivity index (χ0n) is 11.7. The Bertz CT molecular complexity index is 784. The van der Waals surface area contributed by atoms with Crippen LogP contribution in [0.4, 0.5) is 0 Å². The van der Waals surface area contributed by atoms with E-state index in [2.05, 4.69) is 34.4 Å². The average molecular weight is 279 g/mol. The second kappa shape index (κ2) is 4.67. The Morgan fingerprint density at radius 1 is 1.10 bits per heavy atom. The Kier molecular flexibility index (Phi) is 2.79. The fourth-order valence-electron chi connectivity index (χ4n) is 2.99. The van der Waals surface area contributed by atoms with E-state index in [4.69, 9.17) is 10.3 Å². The van der Waals surface area contributed by atoms with Crippen molar-refractivity contribution < 1.29 is 4.52 Å². The van der Waals surface area contributed by atoms with Gasteiger partial charge in [0.1, 0.15) is 0 Å². The van der Waals surface area contributed by atoms with Crippen LogP contribution < -0.4 is 5.73 Å². The van der Waals surface area contributed by atoms with Crippen LogP contribution in [0.25, 0.3) is 22.2 Å².